The lowest BCUT2D eigenvalue weighted by atomic mass is 10.0. The molecule has 6 nitrogen and oxygen atoms in total. The molecule has 0 aromatic carbocycles. The molecule has 0 spiro atoms. The van der Waals surface area contributed by atoms with Crippen molar-refractivity contribution in [1.29, 1.82) is 0 Å². The van der Waals surface area contributed by atoms with E-state index in [9.17, 15) is 14.4 Å². The molecule has 0 N–H and O–H groups in total. The molecule has 0 bridgehead atoms. The maximum absolute atomic E-state index is 12.7. The molecule has 0 rings (SSSR count). The van der Waals surface area contributed by atoms with Gasteiger partial charge in [0.1, 0.15) is 13.2 Å². The van der Waals surface area contributed by atoms with Gasteiger partial charge in [-0.2, -0.15) is 0 Å². The van der Waals surface area contributed by atoms with Crippen molar-refractivity contribution in [2.45, 2.75) is 264 Å². The monoisotopic (exact) mass is 945 g/mol. The second-order valence-corrected chi connectivity index (χ2v) is 18.5. The van der Waals surface area contributed by atoms with Gasteiger partial charge in [-0.1, -0.05) is 240 Å². The normalized spacial score (nSPS) is 12.8. The van der Waals surface area contributed by atoms with Crippen LogP contribution in [-0.2, 0) is 28.6 Å². The molecule has 0 radical (unpaired) electrons. The topological polar surface area (TPSA) is 78.9 Å². The number of unbranched alkanes of at least 4 members (excludes halogenated alkanes) is 23. The van der Waals surface area contributed by atoms with Crippen molar-refractivity contribution in [3.8, 4) is 0 Å². The fourth-order valence-electron chi connectivity index (χ4n) is 7.58. The minimum Gasteiger partial charge on any atom is -0.462 e. The smallest absolute Gasteiger partial charge is 0.306 e. The number of ether oxygens (including phenoxy) is 3. The van der Waals surface area contributed by atoms with Crippen LogP contribution in [0.15, 0.2) is 97.2 Å². The highest BCUT2D eigenvalue weighted by molar-refractivity contribution is 5.71. The molecule has 0 heterocycles. The van der Waals surface area contributed by atoms with Crippen LogP contribution < -0.4 is 0 Å². The zero-order valence-corrected chi connectivity index (χ0v) is 44.3. The van der Waals surface area contributed by atoms with Gasteiger partial charge in [-0.3, -0.25) is 14.4 Å². The van der Waals surface area contributed by atoms with Gasteiger partial charge in [0.15, 0.2) is 6.10 Å². The van der Waals surface area contributed by atoms with Gasteiger partial charge in [0.2, 0.25) is 0 Å². The van der Waals surface area contributed by atoms with Crippen LogP contribution in [0.2, 0.25) is 0 Å². The van der Waals surface area contributed by atoms with E-state index in [1.165, 1.54) is 103 Å². The first-order chi connectivity index (χ1) is 33.5. The quantitative estimate of drug-likeness (QED) is 0.0262. The standard InChI is InChI=1S/C62H104O6/c1-4-7-10-13-16-18-20-21-22-23-24-25-26-27-28-29-30-31-32-33-34-35-36-37-38-39-40-41-43-44-46-49-52-55-61(64)67-58-59(57-66-60(63)54-51-48-15-12-9-6-3)68-62(65)56-53-50-47-45-42-19-17-14-11-8-5-2/h7,10,14,16-18,21-22,24-25,27-28,30-31,33-34,59H,4-6,8-9,11-13,15,19-20,23,26,29,32,35-58H2,1-3H3/b10-7-,17-14-,18-16-,22-21-,25-24-,28-27-,31-30-,34-33-. The Balaban J connectivity index is 4.02. The van der Waals surface area contributed by atoms with Crippen molar-refractivity contribution >= 4 is 17.9 Å². The van der Waals surface area contributed by atoms with Crippen molar-refractivity contribution in [3.05, 3.63) is 97.2 Å². The number of esters is 3. The van der Waals surface area contributed by atoms with E-state index in [-0.39, 0.29) is 31.1 Å². The molecule has 0 aromatic heterocycles. The fourth-order valence-corrected chi connectivity index (χ4v) is 7.58. The van der Waals surface area contributed by atoms with Gasteiger partial charge in [-0.25, -0.2) is 0 Å². The lowest BCUT2D eigenvalue weighted by Gasteiger charge is -2.18. The minimum atomic E-state index is -0.777. The summed E-state index contributed by atoms with van der Waals surface area (Å²) in [6, 6.07) is 0. The van der Waals surface area contributed by atoms with Gasteiger partial charge in [-0.05, 0) is 96.3 Å². The molecule has 0 aliphatic heterocycles. The maximum atomic E-state index is 12.7. The number of allylic oxidation sites excluding steroid dienone is 16. The number of hydrogen-bond donors (Lipinski definition) is 0. The number of carbonyl (C=O) groups is 3. The average Bonchev–Trinajstić information content (AvgIpc) is 3.34. The molecular weight excluding hydrogens is 841 g/mol. The summed E-state index contributed by atoms with van der Waals surface area (Å²) in [7, 11) is 0. The van der Waals surface area contributed by atoms with Crippen molar-refractivity contribution in [2.24, 2.45) is 0 Å². The molecule has 0 saturated carbocycles. The molecule has 0 amide bonds. The van der Waals surface area contributed by atoms with Crippen molar-refractivity contribution in [3.63, 3.8) is 0 Å². The Morgan fingerprint density at radius 1 is 0.309 bits per heavy atom. The molecule has 0 fully saturated rings. The zero-order valence-electron chi connectivity index (χ0n) is 44.3. The number of carbonyl (C=O) groups excluding carboxylic acids is 3. The number of rotatable bonds is 50. The third-order valence-electron chi connectivity index (χ3n) is 11.8. The molecule has 1 unspecified atom stereocenters. The lowest BCUT2D eigenvalue weighted by molar-refractivity contribution is -0.167. The molecule has 6 heteroatoms. The van der Waals surface area contributed by atoms with Crippen molar-refractivity contribution < 1.29 is 28.6 Å². The van der Waals surface area contributed by atoms with Gasteiger partial charge in [0.25, 0.3) is 0 Å². The van der Waals surface area contributed by atoms with E-state index in [2.05, 4.69) is 118 Å². The Hall–Kier alpha value is -3.67. The molecule has 0 aromatic rings. The fraction of sp³-hybridized carbons (Fsp3) is 0.694. The third kappa shape index (κ3) is 53.3. The summed E-state index contributed by atoms with van der Waals surface area (Å²) < 4.78 is 16.7. The van der Waals surface area contributed by atoms with Crippen LogP contribution in [0.1, 0.15) is 258 Å². The summed E-state index contributed by atoms with van der Waals surface area (Å²) in [5, 5.41) is 0. The van der Waals surface area contributed by atoms with Crippen LogP contribution in [0.4, 0.5) is 0 Å². The summed E-state index contributed by atoms with van der Waals surface area (Å²) in [6.45, 7) is 6.41. The Kier molecular flexibility index (Phi) is 52.9. The summed E-state index contributed by atoms with van der Waals surface area (Å²) in [6.07, 6.45) is 74.4. The summed E-state index contributed by atoms with van der Waals surface area (Å²) >= 11 is 0. The summed E-state index contributed by atoms with van der Waals surface area (Å²) in [4.78, 5) is 37.7. The van der Waals surface area contributed by atoms with Crippen LogP contribution in [0.5, 0.6) is 0 Å². The predicted molar refractivity (Wildman–Crippen MR) is 293 cm³/mol. The lowest BCUT2D eigenvalue weighted by Crippen LogP contribution is -2.30. The largest absolute Gasteiger partial charge is 0.462 e. The molecule has 0 aliphatic rings. The van der Waals surface area contributed by atoms with Gasteiger partial charge in [0, 0.05) is 19.3 Å². The third-order valence-corrected chi connectivity index (χ3v) is 11.8. The first-order valence-corrected chi connectivity index (χ1v) is 28.2. The van der Waals surface area contributed by atoms with Crippen molar-refractivity contribution in [2.75, 3.05) is 13.2 Å². The Morgan fingerprint density at radius 3 is 0.956 bits per heavy atom. The van der Waals surface area contributed by atoms with Crippen molar-refractivity contribution in [1.82, 2.24) is 0 Å². The van der Waals surface area contributed by atoms with Gasteiger partial charge < -0.3 is 14.2 Å². The van der Waals surface area contributed by atoms with E-state index in [0.29, 0.717) is 19.3 Å². The molecule has 68 heavy (non-hydrogen) atoms. The second-order valence-electron chi connectivity index (χ2n) is 18.5. The van der Waals surface area contributed by atoms with Crippen LogP contribution >= 0.6 is 0 Å². The van der Waals surface area contributed by atoms with Gasteiger partial charge in [0.05, 0.1) is 0 Å². The summed E-state index contributed by atoms with van der Waals surface area (Å²) in [5.41, 5.74) is 0. The highest BCUT2D eigenvalue weighted by Crippen LogP contribution is 2.15. The average molecular weight is 946 g/mol. The molecule has 1 atom stereocenters. The van der Waals surface area contributed by atoms with Crippen LogP contribution in [0.25, 0.3) is 0 Å². The number of hydrogen-bond acceptors (Lipinski definition) is 6. The van der Waals surface area contributed by atoms with Gasteiger partial charge in [-0.15, -0.1) is 0 Å². The Morgan fingerprint density at radius 2 is 0.588 bits per heavy atom. The highest BCUT2D eigenvalue weighted by atomic mass is 16.6. The predicted octanol–water partition coefficient (Wildman–Crippen LogP) is 18.9. The van der Waals surface area contributed by atoms with Crippen LogP contribution in [-0.4, -0.2) is 37.2 Å². The molecule has 388 valence electrons. The summed E-state index contributed by atoms with van der Waals surface area (Å²) in [5.74, 6) is -0.904. The van der Waals surface area contributed by atoms with Gasteiger partial charge >= 0.3 is 17.9 Å². The van der Waals surface area contributed by atoms with E-state index in [1.54, 1.807) is 0 Å². The van der Waals surface area contributed by atoms with E-state index in [1.807, 2.05) is 0 Å². The van der Waals surface area contributed by atoms with Crippen LogP contribution in [0.3, 0.4) is 0 Å². The van der Waals surface area contributed by atoms with E-state index in [0.717, 1.165) is 116 Å². The van der Waals surface area contributed by atoms with Crippen LogP contribution in [0, 0.1) is 0 Å². The molecule has 0 aliphatic carbocycles. The highest BCUT2D eigenvalue weighted by Gasteiger charge is 2.19. The molecule has 0 saturated heterocycles. The Bertz CT molecular complexity index is 1360. The van der Waals surface area contributed by atoms with E-state index in [4.69, 9.17) is 14.2 Å². The molecular formula is C62H104O6. The SMILES string of the molecule is CC/C=C\C/C=C\C/C=C\C/C=C\C/C=C\C/C=C\C/C=C\CCCCCCCCCCCCCC(=O)OCC(COC(=O)CCCCCCCC)OC(=O)CCCCCCC/C=C\CCCC. The maximum Gasteiger partial charge on any atom is 0.306 e. The first-order valence-electron chi connectivity index (χ1n) is 28.2. The zero-order chi connectivity index (χ0) is 49.3. The minimum absolute atomic E-state index is 0.0802. The van der Waals surface area contributed by atoms with E-state index < -0.39 is 6.10 Å². The first kappa shape index (κ1) is 64.3. The second kappa shape index (κ2) is 55.9. The van der Waals surface area contributed by atoms with E-state index >= 15 is 0 Å². The Labute approximate surface area is 419 Å².